The zero-order valence-corrected chi connectivity index (χ0v) is 14.8. The van der Waals surface area contributed by atoms with Gasteiger partial charge in [0.25, 0.3) is 0 Å². The van der Waals surface area contributed by atoms with Crippen LogP contribution in [0, 0.1) is 0 Å². The molecule has 1 aliphatic carbocycles. The van der Waals surface area contributed by atoms with Crippen LogP contribution < -0.4 is 5.32 Å². The summed E-state index contributed by atoms with van der Waals surface area (Å²) in [6.45, 7) is 1.72. The Balaban J connectivity index is 1.52. The van der Waals surface area contributed by atoms with Crippen LogP contribution in [0.1, 0.15) is 12.8 Å². The van der Waals surface area contributed by atoms with Crippen molar-refractivity contribution in [1.82, 2.24) is 9.29 Å². The van der Waals surface area contributed by atoms with Gasteiger partial charge in [0, 0.05) is 30.1 Å². The molecule has 2 fully saturated rings. The quantitative estimate of drug-likeness (QED) is 0.881. The lowest BCUT2D eigenvalue weighted by molar-refractivity contribution is 0.0730. The summed E-state index contributed by atoms with van der Waals surface area (Å²) in [5.41, 5.74) is 1.80. The van der Waals surface area contributed by atoms with Gasteiger partial charge in [0.2, 0.25) is 10.0 Å². The molecule has 1 aromatic heterocycles. The largest absolute Gasteiger partial charge is 0.379 e. The highest BCUT2D eigenvalue weighted by Crippen LogP contribution is 2.30. The van der Waals surface area contributed by atoms with Crippen molar-refractivity contribution in [3.05, 3.63) is 29.6 Å². The fraction of sp³-hybridized carbons (Fsp3) is 0.438. The Hall–Kier alpha value is -1.48. The van der Waals surface area contributed by atoms with Gasteiger partial charge in [0.15, 0.2) is 5.13 Å². The van der Waals surface area contributed by atoms with Gasteiger partial charge in [0.1, 0.15) is 0 Å². The molecular weight excluding hydrogens is 346 g/mol. The van der Waals surface area contributed by atoms with Gasteiger partial charge < -0.3 is 10.1 Å². The van der Waals surface area contributed by atoms with Gasteiger partial charge in [-0.25, -0.2) is 13.4 Å². The van der Waals surface area contributed by atoms with Crippen LogP contribution in [-0.2, 0) is 14.8 Å². The summed E-state index contributed by atoms with van der Waals surface area (Å²) >= 11 is 1.58. The molecule has 2 aliphatic rings. The molecule has 0 atom stereocenters. The third-order valence-corrected chi connectivity index (χ3v) is 6.85. The van der Waals surface area contributed by atoms with Crippen molar-refractivity contribution in [1.29, 1.82) is 0 Å². The number of hydrogen-bond acceptors (Lipinski definition) is 6. The molecule has 1 saturated heterocycles. The number of nitrogens with one attached hydrogen (secondary N) is 1. The number of hydrogen-bond donors (Lipinski definition) is 1. The normalized spacial score (nSPS) is 19.3. The van der Waals surface area contributed by atoms with Gasteiger partial charge in [0.05, 0.1) is 23.8 Å². The van der Waals surface area contributed by atoms with Crippen LogP contribution in [0.15, 0.2) is 34.5 Å². The molecule has 6 nitrogen and oxygen atoms in total. The first-order valence-electron chi connectivity index (χ1n) is 8.03. The highest BCUT2D eigenvalue weighted by molar-refractivity contribution is 7.89. The molecule has 24 heavy (non-hydrogen) atoms. The monoisotopic (exact) mass is 365 g/mol. The lowest BCUT2D eigenvalue weighted by Gasteiger charge is -2.26. The molecule has 4 rings (SSSR count). The molecule has 1 aromatic carbocycles. The van der Waals surface area contributed by atoms with E-state index in [0.717, 1.165) is 16.4 Å². The van der Waals surface area contributed by atoms with Crippen molar-refractivity contribution < 1.29 is 13.2 Å². The van der Waals surface area contributed by atoms with Gasteiger partial charge >= 0.3 is 0 Å². The average Bonchev–Trinajstić information content (AvgIpc) is 3.31. The van der Waals surface area contributed by atoms with Crippen molar-refractivity contribution in [3.8, 4) is 11.3 Å². The molecular formula is C16H19N3O3S2. The third-order valence-electron chi connectivity index (χ3n) is 4.17. The second kappa shape index (κ2) is 6.44. The van der Waals surface area contributed by atoms with E-state index in [-0.39, 0.29) is 0 Å². The summed E-state index contributed by atoms with van der Waals surface area (Å²) in [5, 5.41) is 6.30. The number of morpholine rings is 1. The number of rotatable bonds is 5. The molecule has 1 aliphatic heterocycles. The Labute approximate surface area is 145 Å². The van der Waals surface area contributed by atoms with E-state index in [4.69, 9.17) is 4.74 Å². The topological polar surface area (TPSA) is 71.5 Å². The first-order valence-corrected chi connectivity index (χ1v) is 10.4. The Morgan fingerprint density at radius 3 is 2.54 bits per heavy atom. The van der Waals surface area contributed by atoms with Crippen molar-refractivity contribution in [2.24, 2.45) is 0 Å². The van der Waals surface area contributed by atoms with Crippen molar-refractivity contribution in [2.75, 3.05) is 31.6 Å². The first-order chi connectivity index (χ1) is 11.6. The highest BCUT2D eigenvalue weighted by Gasteiger charge is 2.26. The van der Waals surface area contributed by atoms with Gasteiger partial charge in [-0.3, -0.25) is 0 Å². The molecule has 2 aromatic rings. The number of sulfonamides is 1. The lowest BCUT2D eigenvalue weighted by Crippen LogP contribution is -2.40. The lowest BCUT2D eigenvalue weighted by atomic mass is 10.2. The number of anilines is 1. The number of thiazole rings is 1. The maximum atomic E-state index is 12.6. The summed E-state index contributed by atoms with van der Waals surface area (Å²) in [7, 11) is -3.44. The minimum absolute atomic E-state index is 0.319. The fourth-order valence-electron chi connectivity index (χ4n) is 2.61. The van der Waals surface area contributed by atoms with Crippen molar-refractivity contribution >= 4 is 26.5 Å². The number of ether oxygens (including phenoxy) is 1. The maximum absolute atomic E-state index is 12.6. The summed E-state index contributed by atoms with van der Waals surface area (Å²) in [6.07, 6.45) is 2.42. The van der Waals surface area contributed by atoms with Crippen LogP contribution in [0.4, 0.5) is 5.13 Å². The van der Waals surface area contributed by atoms with E-state index >= 15 is 0 Å². The zero-order chi connectivity index (χ0) is 16.6. The first kappa shape index (κ1) is 16.0. The van der Waals surface area contributed by atoms with Gasteiger partial charge in [-0.1, -0.05) is 12.1 Å². The molecule has 0 amide bonds. The summed E-state index contributed by atoms with van der Waals surface area (Å²) in [4.78, 5) is 4.89. The van der Waals surface area contributed by atoms with Crippen LogP contribution in [0.3, 0.4) is 0 Å². The minimum atomic E-state index is -3.44. The van der Waals surface area contributed by atoms with Crippen molar-refractivity contribution in [3.63, 3.8) is 0 Å². The summed E-state index contributed by atoms with van der Waals surface area (Å²) in [6, 6.07) is 7.54. The van der Waals surface area contributed by atoms with E-state index < -0.39 is 10.0 Å². The van der Waals surface area contributed by atoms with Crippen LogP contribution >= 0.6 is 11.3 Å². The van der Waals surface area contributed by atoms with Gasteiger partial charge in [-0.15, -0.1) is 11.3 Å². The molecule has 0 spiro atoms. The predicted octanol–water partition coefficient (Wildman–Crippen LogP) is 2.41. The van der Waals surface area contributed by atoms with E-state index in [1.165, 1.54) is 17.1 Å². The van der Waals surface area contributed by atoms with E-state index in [1.54, 1.807) is 23.5 Å². The molecule has 8 heteroatoms. The number of nitrogens with zero attached hydrogens (tertiary/aromatic N) is 2. The van der Waals surface area contributed by atoms with E-state index in [2.05, 4.69) is 10.3 Å². The molecule has 0 bridgehead atoms. The number of benzene rings is 1. The van der Waals surface area contributed by atoms with Crippen LogP contribution in [0.2, 0.25) is 0 Å². The van der Waals surface area contributed by atoms with Crippen molar-refractivity contribution in [2.45, 2.75) is 23.8 Å². The van der Waals surface area contributed by atoms with Crippen LogP contribution in [0.25, 0.3) is 11.3 Å². The highest BCUT2D eigenvalue weighted by atomic mass is 32.2. The minimum Gasteiger partial charge on any atom is -0.379 e. The Morgan fingerprint density at radius 2 is 1.88 bits per heavy atom. The smallest absolute Gasteiger partial charge is 0.243 e. The molecule has 0 unspecified atom stereocenters. The van der Waals surface area contributed by atoms with E-state index in [9.17, 15) is 8.42 Å². The van der Waals surface area contributed by atoms with E-state index in [1.807, 2.05) is 17.5 Å². The van der Waals surface area contributed by atoms with Gasteiger partial charge in [-0.2, -0.15) is 4.31 Å². The van der Waals surface area contributed by atoms with Gasteiger partial charge in [-0.05, 0) is 25.0 Å². The fourth-order valence-corrected chi connectivity index (χ4v) is 4.81. The Bertz CT molecular complexity index is 807. The third kappa shape index (κ3) is 3.32. The number of aromatic nitrogens is 1. The maximum Gasteiger partial charge on any atom is 0.243 e. The SMILES string of the molecule is O=S(=O)(c1ccc(-c2csc(NC3CC3)n2)cc1)N1CCOCC1. The van der Waals surface area contributed by atoms with E-state index in [0.29, 0.717) is 37.2 Å². The van der Waals surface area contributed by atoms with Crippen LogP contribution in [0.5, 0.6) is 0 Å². The molecule has 1 N–H and O–H groups in total. The second-order valence-electron chi connectivity index (χ2n) is 6.00. The second-order valence-corrected chi connectivity index (χ2v) is 8.79. The summed E-state index contributed by atoms with van der Waals surface area (Å²) in [5.74, 6) is 0. The Morgan fingerprint density at radius 1 is 1.17 bits per heavy atom. The molecule has 128 valence electrons. The standard InChI is InChI=1S/C16H19N3O3S2/c20-24(21,19-7-9-22-10-8-19)14-5-1-12(2-6-14)15-11-23-16(18-15)17-13-3-4-13/h1-2,5-6,11,13H,3-4,7-10H2,(H,17,18). The molecule has 1 saturated carbocycles. The Kier molecular flexibility index (Phi) is 4.29. The zero-order valence-electron chi connectivity index (χ0n) is 13.1. The predicted molar refractivity (Wildman–Crippen MR) is 93.8 cm³/mol. The van der Waals surface area contributed by atoms with Crippen LogP contribution in [-0.4, -0.2) is 50.1 Å². The summed E-state index contributed by atoms with van der Waals surface area (Å²) < 4.78 is 31.9. The molecule has 0 radical (unpaired) electrons. The molecule has 2 heterocycles. The average molecular weight is 365 g/mol.